The molecular weight excluding hydrogens is 258 g/mol. The predicted octanol–water partition coefficient (Wildman–Crippen LogP) is 0.283. The molecule has 0 radical (unpaired) electrons. The number of carbonyl (C=O) groups is 1. The van der Waals surface area contributed by atoms with Crippen LogP contribution in [0.5, 0.6) is 0 Å². The topological polar surface area (TPSA) is 103 Å². The van der Waals surface area contributed by atoms with Crippen molar-refractivity contribution in [2.24, 2.45) is 5.92 Å². The molecule has 0 aliphatic carbocycles. The highest BCUT2D eigenvalue weighted by Crippen LogP contribution is 2.27. The van der Waals surface area contributed by atoms with E-state index in [4.69, 9.17) is 5.11 Å². The molecule has 1 aromatic rings. The SMILES string of the molecule is CC1CCN(S(=O)(=O)c2cnc[nH]2)C(C(=O)O)C1. The Kier molecular flexibility index (Phi) is 3.40. The van der Waals surface area contributed by atoms with Crippen LogP contribution in [0.1, 0.15) is 19.8 Å². The monoisotopic (exact) mass is 273 g/mol. The summed E-state index contributed by atoms with van der Waals surface area (Å²) in [6, 6.07) is -0.998. The predicted molar refractivity (Wildman–Crippen MR) is 62.3 cm³/mol. The zero-order valence-corrected chi connectivity index (χ0v) is 10.7. The van der Waals surface area contributed by atoms with Crippen LogP contribution >= 0.6 is 0 Å². The van der Waals surface area contributed by atoms with E-state index in [-0.39, 0.29) is 17.5 Å². The number of carboxylic acids is 1. The standard InChI is InChI=1S/C10H15N3O4S/c1-7-2-3-13(8(4-7)10(14)15)18(16,17)9-5-11-6-12-9/h5-8H,2-4H2,1H3,(H,11,12)(H,14,15). The second-order valence-electron chi connectivity index (χ2n) is 4.52. The lowest BCUT2D eigenvalue weighted by Crippen LogP contribution is -2.49. The second kappa shape index (κ2) is 4.69. The summed E-state index contributed by atoms with van der Waals surface area (Å²) in [6.07, 6.45) is 3.45. The molecule has 2 unspecified atom stereocenters. The van der Waals surface area contributed by atoms with E-state index in [0.717, 1.165) is 4.31 Å². The van der Waals surface area contributed by atoms with Gasteiger partial charge in [-0.25, -0.2) is 13.4 Å². The van der Waals surface area contributed by atoms with E-state index in [0.29, 0.717) is 12.8 Å². The van der Waals surface area contributed by atoms with Crippen LogP contribution in [0.15, 0.2) is 17.6 Å². The molecule has 0 bridgehead atoms. The number of hydrogen-bond donors (Lipinski definition) is 2. The number of piperidine rings is 1. The van der Waals surface area contributed by atoms with Gasteiger partial charge in [0.1, 0.15) is 6.04 Å². The maximum absolute atomic E-state index is 12.3. The van der Waals surface area contributed by atoms with Crippen molar-refractivity contribution in [3.8, 4) is 0 Å². The fourth-order valence-electron chi connectivity index (χ4n) is 2.14. The number of imidazole rings is 1. The molecule has 7 nitrogen and oxygen atoms in total. The highest BCUT2D eigenvalue weighted by Gasteiger charge is 2.40. The van der Waals surface area contributed by atoms with Crippen molar-refractivity contribution < 1.29 is 18.3 Å². The summed E-state index contributed by atoms with van der Waals surface area (Å²) in [5.41, 5.74) is 0. The first-order valence-corrected chi connectivity index (χ1v) is 7.10. The average Bonchev–Trinajstić information content (AvgIpc) is 2.82. The van der Waals surface area contributed by atoms with Crippen molar-refractivity contribution in [3.63, 3.8) is 0 Å². The van der Waals surface area contributed by atoms with E-state index in [9.17, 15) is 13.2 Å². The Bertz CT molecular complexity index is 525. The molecular formula is C10H15N3O4S. The Morgan fingerprint density at radius 1 is 1.61 bits per heavy atom. The van der Waals surface area contributed by atoms with Crippen molar-refractivity contribution in [1.29, 1.82) is 0 Å². The summed E-state index contributed by atoms with van der Waals surface area (Å²) >= 11 is 0. The Morgan fingerprint density at radius 2 is 2.33 bits per heavy atom. The van der Waals surface area contributed by atoms with Crippen molar-refractivity contribution in [3.05, 3.63) is 12.5 Å². The number of aliphatic carboxylic acids is 1. The minimum atomic E-state index is -3.80. The van der Waals surface area contributed by atoms with E-state index < -0.39 is 22.0 Å². The van der Waals surface area contributed by atoms with Gasteiger partial charge in [0.15, 0.2) is 5.03 Å². The number of H-pyrrole nitrogens is 1. The van der Waals surface area contributed by atoms with Gasteiger partial charge in [0, 0.05) is 6.54 Å². The smallest absolute Gasteiger partial charge is 0.322 e. The molecule has 2 rings (SSSR count). The number of sulfonamides is 1. The third-order valence-electron chi connectivity index (χ3n) is 3.16. The number of rotatable bonds is 3. The van der Waals surface area contributed by atoms with Gasteiger partial charge in [-0.1, -0.05) is 6.92 Å². The summed E-state index contributed by atoms with van der Waals surface area (Å²) in [5, 5.41) is 9.09. The van der Waals surface area contributed by atoms with E-state index >= 15 is 0 Å². The molecule has 18 heavy (non-hydrogen) atoms. The van der Waals surface area contributed by atoms with Gasteiger partial charge in [-0.15, -0.1) is 0 Å². The van der Waals surface area contributed by atoms with Gasteiger partial charge >= 0.3 is 5.97 Å². The first-order chi connectivity index (χ1) is 8.43. The van der Waals surface area contributed by atoms with Crippen LogP contribution < -0.4 is 0 Å². The highest BCUT2D eigenvalue weighted by atomic mass is 32.2. The number of hydrogen-bond acceptors (Lipinski definition) is 4. The fraction of sp³-hybridized carbons (Fsp3) is 0.600. The van der Waals surface area contributed by atoms with Crippen LogP contribution in [0.3, 0.4) is 0 Å². The normalized spacial score (nSPS) is 26.1. The van der Waals surface area contributed by atoms with Gasteiger partial charge in [-0.3, -0.25) is 4.79 Å². The number of nitrogens with one attached hydrogen (secondary N) is 1. The highest BCUT2D eigenvalue weighted by molar-refractivity contribution is 7.89. The molecule has 1 aliphatic rings. The molecule has 8 heteroatoms. The number of carboxylic acid groups (broad SMARTS) is 1. The second-order valence-corrected chi connectivity index (χ2v) is 6.37. The Morgan fingerprint density at radius 3 is 2.89 bits per heavy atom. The molecule has 0 aromatic carbocycles. The van der Waals surface area contributed by atoms with Gasteiger partial charge < -0.3 is 10.1 Å². The average molecular weight is 273 g/mol. The van der Waals surface area contributed by atoms with Crippen LogP contribution in [-0.2, 0) is 14.8 Å². The minimum absolute atomic E-state index is 0.0664. The maximum Gasteiger partial charge on any atom is 0.322 e. The maximum atomic E-state index is 12.3. The molecule has 1 aliphatic heterocycles. The lowest BCUT2D eigenvalue weighted by atomic mass is 9.94. The molecule has 0 amide bonds. The zero-order valence-electron chi connectivity index (χ0n) is 9.91. The molecule has 2 atom stereocenters. The van der Waals surface area contributed by atoms with Gasteiger partial charge in [0.25, 0.3) is 10.0 Å². The van der Waals surface area contributed by atoms with E-state index in [2.05, 4.69) is 9.97 Å². The lowest BCUT2D eigenvalue weighted by molar-refractivity contribution is -0.143. The number of aromatic nitrogens is 2. The van der Waals surface area contributed by atoms with Crippen LogP contribution in [-0.4, -0.2) is 46.4 Å². The summed E-state index contributed by atoms with van der Waals surface area (Å²) < 4.78 is 25.6. The quantitative estimate of drug-likeness (QED) is 0.823. The fourth-order valence-corrected chi connectivity index (χ4v) is 3.65. The Hall–Kier alpha value is -1.41. The van der Waals surface area contributed by atoms with Crippen LogP contribution in [0, 0.1) is 5.92 Å². The molecule has 1 aromatic heterocycles. The van der Waals surface area contributed by atoms with Crippen LogP contribution in [0.25, 0.3) is 0 Å². The number of nitrogens with zero attached hydrogens (tertiary/aromatic N) is 2. The Balaban J connectivity index is 2.34. The van der Waals surface area contributed by atoms with E-state index in [1.807, 2.05) is 6.92 Å². The molecule has 1 saturated heterocycles. The molecule has 100 valence electrons. The summed E-state index contributed by atoms with van der Waals surface area (Å²) in [6.45, 7) is 2.15. The van der Waals surface area contributed by atoms with Crippen molar-refractivity contribution in [1.82, 2.24) is 14.3 Å². The third-order valence-corrected chi connectivity index (χ3v) is 4.99. The molecule has 0 spiro atoms. The zero-order chi connectivity index (χ0) is 13.3. The minimum Gasteiger partial charge on any atom is -0.480 e. The van der Waals surface area contributed by atoms with Crippen molar-refractivity contribution in [2.75, 3.05) is 6.54 Å². The first kappa shape index (κ1) is 13.0. The van der Waals surface area contributed by atoms with Gasteiger partial charge in [-0.2, -0.15) is 4.31 Å². The third kappa shape index (κ3) is 2.25. The molecule has 2 heterocycles. The van der Waals surface area contributed by atoms with Crippen molar-refractivity contribution in [2.45, 2.75) is 30.8 Å². The summed E-state index contributed by atoms with van der Waals surface area (Å²) in [7, 11) is -3.80. The van der Waals surface area contributed by atoms with Crippen molar-refractivity contribution >= 4 is 16.0 Å². The molecule has 2 N–H and O–H groups in total. The van der Waals surface area contributed by atoms with Gasteiger partial charge in [0.05, 0.1) is 12.5 Å². The first-order valence-electron chi connectivity index (χ1n) is 5.66. The summed E-state index contributed by atoms with van der Waals surface area (Å²) in [4.78, 5) is 17.4. The van der Waals surface area contributed by atoms with Gasteiger partial charge in [-0.05, 0) is 18.8 Å². The van der Waals surface area contributed by atoms with E-state index in [1.54, 1.807) is 0 Å². The largest absolute Gasteiger partial charge is 0.480 e. The summed E-state index contributed by atoms with van der Waals surface area (Å²) in [5.74, 6) is -0.899. The van der Waals surface area contributed by atoms with Crippen LogP contribution in [0.4, 0.5) is 0 Å². The van der Waals surface area contributed by atoms with Crippen LogP contribution in [0.2, 0.25) is 0 Å². The van der Waals surface area contributed by atoms with E-state index in [1.165, 1.54) is 12.5 Å². The molecule has 1 fully saturated rings. The Labute approximate surface area is 105 Å². The number of aromatic amines is 1. The lowest BCUT2D eigenvalue weighted by Gasteiger charge is -2.34. The molecule has 0 saturated carbocycles. The van der Waals surface area contributed by atoms with Gasteiger partial charge in [0.2, 0.25) is 0 Å².